The molecule has 1 aliphatic heterocycles. The second-order valence-corrected chi connectivity index (χ2v) is 6.01. The van der Waals surface area contributed by atoms with Crippen LogP contribution in [0, 0.1) is 17.6 Å². The van der Waals surface area contributed by atoms with Gasteiger partial charge in [-0.05, 0) is 44.5 Å². The highest BCUT2D eigenvalue weighted by molar-refractivity contribution is 5.83. The number of carbonyl (C=O) groups is 1. The van der Waals surface area contributed by atoms with Gasteiger partial charge in [0, 0.05) is 30.5 Å². The fourth-order valence-electron chi connectivity index (χ4n) is 3.29. The maximum absolute atomic E-state index is 13.8. The van der Waals surface area contributed by atoms with Gasteiger partial charge in [-0.15, -0.1) is 0 Å². The fraction of sp³-hybridized carbons (Fsp3) is 0.562. The van der Waals surface area contributed by atoms with E-state index in [-0.39, 0.29) is 29.3 Å². The van der Waals surface area contributed by atoms with Gasteiger partial charge in [-0.3, -0.25) is 4.79 Å². The van der Waals surface area contributed by atoms with E-state index in [2.05, 4.69) is 5.32 Å². The molecule has 1 aromatic rings. The molecular weight excluding hydrogens is 274 g/mol. The number of rotatable bonds is 3. The van der Waals surface area contributed by atoms with Crippen molar-refractivity contribution in [1.29, 1.82) is 0 Å². The molecule has 2 atom stereocenters. The van der Waals surface area contributed by atoms with E-state index in [9.17, 15) is 13.6 Å². The number of carbonyl (C=O) groups excluding carboxylic acids is 1. The summed E-state index contributed by atoms with van der Waals surface area (Å²) in [5.41, 5.74) is 0.0783. The minimum atomic E-state index is -0.542. The summed E-state index contributed by atoms with van der Waals surface area (Å²) in [5, 5.41) is 3.27. The number of hydrogen-bond donors (Lipinski definition) is 1. The second-order valence-electron chi connectivity index (χ2n) is 6.01. The first kappa shape index (κ1) is 14.4. The highest BCUT2D eigenvalue weighted by Gasteiger charge is 2.48. The van der Waals surface area contributed by atoms with E-state index in [0.717, 1.165) is 25.9 Å². The van der Waals surface area contributed by atoms with Gasteiger partial charge in [-0.1, -0.05) is 6.07 Å². The molecule has 0 radical (unpaired) electrons. The molecule has 3 rings (SSSR count). The molecule has 2 unspecified atom stereocenters. The maximum atomic E-state index is 13.8. The molecule has 114 valence electrons. The number of hydrogen-bond acceptors (Lipinski definition) is 2. The molecule has 2 fully saturated rings. The topological polar surface area (TPSA) is 32.3 Å². The Morgan fingerprint density at radius 3 is 2.48 bits per heavy atom. The van der Waals surface area contributed by atoms with Gasteiger partial charge in [0.15, 0.2) is 0 Å². The molecule has 21 heavy (non-hydrogen) atoms. The van der Waals surface area contributed by atoms with Crippen LogP contribution in [0.15, 0.2) is 18.2 Å². The molecule has 1 aromatic carbocycles. The van der Waals surface area contributed by atoms with Crippen molar-refractivity contribution in [2.45, 2.75) is 31.2 Å². The first-order chi connectivity index (χ1) is 10.1. The van der Waals surface area contributed by atoms with Crippen LogP contribution in [-0.2, 0) is 4.79 Å². The molecule has 1 aliphatic carbocycles. The van der Waals surface area contributed by atoms with E-state index in [1.807, 2.05) is 7.05 Å². The lowest BCUT2D eigenvalue weighted by atomic mass is 10.0. The molecule has 1 amide bonds. The van der Waals surface area contributed by atoms with Gasteiger partial charge < -0.3 is 10.2 Å². The fourth-order valence-corrected chi connectivity index (χ4v) is 3.29. The zero-order valence-electron chi connectivity index (χ0n) is 12.1. The van der Waals surface area contributed by atoms with E-state index in [0.29, 0.717) is 6.42 Å². The van der Waals surface area contributed by atoms with Crippen molar-refractivity contribution in [1.82, 2.24) is 10.2 Å². The van der Waals surface area contributed by atoms with E-state index in [1.54, 1.807) is 4.90 Å². The zero-order chi connectivity index (χ0) is 15.0. The Bertz CT molecular complexity index is 523. The molecular formula is C16H20F2N2O. The standard InChI is InChI=1S/C16H20F2N2O/c1-20(10-5-7-19-8-6-10)16(21)12-9-11(12)15-13(17)3-2-4-14(15)18/h2-4,10-12,19H,5-9H2,1H3. The predicted octanol–water partition coefficient (Wildman–Crippen LogP) is 2.28. The van der Waals surface area contributed by atoms with E-state index in [1.165, 1.54) is 18.2 Å². The number of halogens is 2. The summed E-state index contributed by atoms with van der Waals surface area (Å²) in [4.78, 5) is 14.3. The highest BCUT2D eigenvalue weighted by atomic mass is 19.1. The van der Waals surface area contributed by atoms with Crippen molar-refractivity contribution < 1.29 is 13.6 Å². The quantitative estimate of drug-likeness (QED) is 0.927. The van der Waals surface area contributed by atoms with Crippen LogP contribution in [-0.4, -0.2) is 37.0 Å². The van der Waals surface area contributed by atoms with Crippen LogP contribution in [0.4, 0.5) is 8.78 Å². The normalized spacial score (nSPS) is 25.7. The summed E-state index contributed by atoms with van der Waals surface area (Å²) in [6.45, 7) is 1.83. The first-order valence-corrected chi connectivity index (χ1v) is 7.51. The van der Waals surface area contributed by atoms with Gasteiger partial charge in [0.25, 0.3) is 0 Å². The number of nitrogens with zero attached hydrogens (tertiary/aromatic N) is 1. The van der Waals surface area contributed by atoms with Crippen LogP contribution >= 0.6 is 0 Å². The number of nitrogens with one attached hydrogen (secondary N) is 1. The lowest BCUT2D eigenvalue weighted by Crippen LogP contribution is -2.44. The Morgan fingerprint density at radius 1 is 1.24 bits per heavy atom. The molecule has 1 N–H and O–H groups in total. The molecule has 1 saturated carbocycles. The van der Waals surface area contributed by atoms with Crippen LogP contribution in [0.1, 0.15) is 30.7 Å². The monoisotopic (exact) mass is 294 g/mol. The molecule has 2 aliphatic rings. The Balaban J connectivity index is 1.68. The summed E-state index contributed by atoms with van der Waals surface area (Å²) in [6.07, 6.45) is 2.42. The van der Waals surface area contributed by atoms with Crippen molar-refractivity contribution in [3.63, 3.8) is 0 Å². The Kier molecular flexibility index (Phi) is 3.93. The van der Waals surface area contributed by atoms with Crippen LogP contribution < -0.4 is 5.32 Å². The average Bonchev–Trinajstić information content (AvgIpc) is 3.27. The lowest BCUT2D eigenvalue weighted by Gasteiger charge is -2.32. The van der Waals surface area contributed by atoms with Crippen molar-refractivity contribution >= 4 is 5.91 Å². The molecule has 0 aromatic heterocycles. The van der Waals surface area contributed by atoms with Gasteiger partial charge in [0.05, 0.1) is 0 Å². The van der Waals surface area contributed by atoms with Crippen LogP contribution in [0.3, 0.4) is 0 Å². The maximum Gasteiger partial charge on any atom is 0.226 e. The summed E-state index contributed by atoms with van der Waals surface area (Å²) in [7, 11) is 1.81. The summed E-state index contributed by atoms with van der Waals surface area (Å²) in [6, 6.07) is 4.11. The predicted molar refractivity (Wildman–Crippen MR) is 75.9 cm³/mol. The van der Waals surface area contributed by atoms with Crippen LogP contribution in [0.25, 0.3) is 0 Å². The molecule has 5 heteroatoms. The van der Waals surface area contributed by atoms with E-state index < -0.39 is 11.6 Å². The third kappa shape index (κ3) is 2.79. The number of benzene rings is 1. The second kappa shape index (κ2) is 5.72. The van der Waals surface area contributed by atoms with E-state index >= 15 is 0 Å². The third-order valence-corrected chi connectivity index (χ3v) is 4.68. The molecule has 1 heterocycles. The minimum Gasteiger partial charge on any atom is -0.342 e. The van der Waals surface area contributed by atoms with Gasteiger partial charge in [-0.2, -0.15) is 0 Å². The van der Waals surface area contributed by atoms with Gasteiger partial charge in [0.2, 0.25) is 5.91 Å². The molecule has 0 spiro atoms. The Morgan fingerprint density at radius 2 is 1.86 bits per heavy atom. The number of amides is 1. The third-order valence-electron chi connectivity index (χ3n) is 4.68. The minimum absolute atomic E-state index is 0.0227. The van der Waals surface area contributed by atoms with Crippen LogP contribution in [0.5, 0.6) is 0 Å². The SMILES string of the molecule is CN(C(=O)C1CC1c1c(F)cccc1F)C1CCNCC1. The summed E-state index contributed by atoms with van der Waals surface area (Å²) < 4.78 is 27.5. The Hall–Kier alpha value is -1.49. The summed E-state index contributed by atoms with van der Waals surface area (Å²) >= 11 is 0. The van der Waals surface area contributed by atoms with E-state index in [4.69, 9.17) is 0 Å². The molecule has 0 bridgehead atoms. The zero-order valence-corrected chi connectivity index (χ0v) is 12.1. The molecule has 3 nitrogen and oxygen atoms in total. The largest absolute Gasteiger partial charge is 0.342 e. The van der Waals surface area contributed by atoms with Gasteiger partial charge in [-0.25, -0.2) is 8.78 Å². The molecule has 1 saturated heterocycles. The Labute approximate surface area is 123 Å². The van der Waals surface area contributed by atoms with Crippen molar-refractivity contribution in [3.8, 4) is 0 Å². The average molecular weight is 294 g/mol. The lowest BCUT2D eigenvalue weighted by molar-refractivity contribution is -0.133. The number of piperidine rings is 1. The van der Waals surface area contributed by atoms with Crippen LogP contribution in [0.2, 0.25) is 0 Å². The van der Waals surface area contributed by atoms with Crippen molar-refractivity contribution in [2.75, 3.05) is 20.1 Å². The first-order valence-electron chi connectivity index (χ1n) is 7.51. The smallest absolute Gasteiger partial charge is 0.226 e. The van der Waals surface area contributed by atoms with Gasteiger partial charge >= 0.3 is 0 Å². The summed E-state index contributed by atoms with van der Waals surface area (Å²) in [5.74, 6) is -1.63. The highest BCUT2D eigenvalue weighted by Crippen LogP contribution is 2.50. The van der Waals surface area contributed by atoms with Crippen molar-refractivity contribution in [3.05, 3.63) is 35.4 Å². The van der Waals surface area contributed by atoms with Crippen molar-refractivity contribution in [2.24, 2.45) is 5.92 Å². The van der Waals surface area contributed by atoms with Gasteiger partial charge in [0.1, 0.15) is 11.6 Å².